The molecule has 1 aromatic rings. The van der Waals surface area contributed by atoms with Gasteiger partial charge in [-0.3, -0.25) is 0 Å². The van der Waals surface area contributed by atoms with Crippen LogP contribution >= 0.6 is 0 Å². The minimum atomic E-state index is -3.56. The van der Waals surface area contributed by atoms with Crippen molar-refractivity contribution in [3.8, 4) is 6.07 Å². The molecule has 1 fully saturated rings. The first kappa shape index (κ1) is 12.1. The zero-order valence-electron chi connectivity index (χ0n) is 9.39. The lowest BCUT2D eigenvalue weighted by atomic mass is 10.2. The van der Waals surface area contributed by atoms with Crippen molar-refractivity contribution in [2.24, 2.45) is 0 Å². The highest BCUT2D eigenvalue weighted by Crippen LogP contribution is 2.21. The average molecular weight is 250 g/mol. The number of hydrogen-bond donors (Lipinski definition) is 1. The molecule has 0 bridgehead atoms. The van der Waals surface area contributed by atoms with Gasteiger partial charge in [0.2, 0.25) is 10.0 Å². The van der Waals surface area contributed by atoms with Crippen LogP contribution in [0.15, 0.2) is 29.2 Å². The van der Waals surface area contributed by atoms with Crippen LogP contribution in [0.5, 0.6) is 0 Å². The van der Waals surface area contributed by atoms with E-state index in [4.69, 9.17) is 5.26 Å². The van der Waals surface area contributed by atoms with Gasteiger partial charge in [-0.2, -0.15) is 5.26 Å². The standard InChI is InChI=1S/C12H14N2O2S/c13-9-10-5-1-4-8-12(10)17(15,16)14-11-6-2-3-7-11/h1,4-5,8,11,14H,2-3,6-7H2. The predicted molar refractivity (Wildman–Crippen MR) is 63.7 cm³/mol. The Kier molecular flexibility index (Phi) is 3.46. The molecule has 0 amide bonds. The Hall–Kier alpha value is -1.38. The summed E-state index contributed by atoms with van der Waals surface area (Å²) >= 11 is 0. The van der Waals surface area contributed by atoms with Crippen LogP contribution in [0.4, 0.5) is 0 Å². The van der Waals surface area contributed by atoms with E-state index < -0.39 is 10.0 Å². The third kappa shape index (κ3) is 2.65. The van der Waals surface area contributed by atoms with E-state index in [9.17, 15) is 8.42 Å². The number of nitrogens with zero attached hydrogens (tertiary/aromatic N) is 1. The predicted octanol–water partition coefficient (Wildman–Crippen LogP) is 1.78. The van der Waals surface area contributed by atoms with Crippen molar-refractivity contribution in [3.63, 3.8) is 0 Å². The average Bonchev–Trinajstić information content (AvgIpc) is 2.81. The van der Waals surface area contributed by atoms with Crippen LogP contribution in [0.2, 0.25) is 0 Å². The van der Waals surface area contributed by atoms with E-state index in [0.717, 1.165) is 25.7 Å². The van der Waals surface area contributed by atoms with Gasteiger partial charge in [-0.15, -0.1) is 0 Å². The van der Waals surface area contributed by atoms with Crippen molar-refractivity contribution >= 4 is 10.0 Å². The summed E-state index contributed by atoms with van der Waals surface area (Å²) in [6.07, 6.45) is 3.89. The van der Waals surface area contributed by atoms with Gasteiger partial charge in [-0.05, 0) is 25.0 Å². The van der Waals surface area contributed by atoms with E-state index in [-0.39, 0.29) is 16.5 Å². The molecular weight excluding hydrogens is 236 g/mol. The lowest BCUT2D eigenvalue weighted by molar-refractivity contribution is 0.552. The van der Waals surface area contributed by atoms with Crippen LogP contribution in [-0.2, 0) is 10.0 Å². The maximum absolute atomic E-state index is 12.1. The van der Waals surface area contributed by atoms with Crippen LogP contribution in [0.3, 0.4) is 0 Å². The van der Waals surface area contributed by atoms with Gasteiger partial charge in [0.25, 0.3) is 0 Å². The molecule has 0 atom stereocenters. The number of hydrogen-bond acceptors (Lipinski definition) is 3. The summed E-state index contributed by atoms with van der Waals surface area (Å²) in [5.74, 6) is 0. The summed E-state index contributed by atoms with van der Waals surface area (Å²) in [5, 5.41) is 8.90. The Bertz CT molecular complexity index is 540. The molecule has 1 N–H and O–H groups in total. The lowest BCUT2D eigenvalue weighted by Crippen LogP contribution is -2.33. The second kappa shape index (κ2) is 4.86. The quantitative estimate of drug-likeness (QED) is 0.889. The molecule has 0 spiro atoms. The number of nitrogens with one attached hydrogen (secondary N) is 1. The molecule has 2 rings (SSSR count). The van der Waals surface area contributed by atoms with Gasteiger partial charge >= 0.3 is 0 Å². The van der Waals surface area contributed by atoms with E-state index in [1.807, 2.05) is 6.07 Å². The molecular formula is C12H14N2O2S. The van der Waals surface area contributed by atoms with Crippen LogP contribution in [0, 0.1) is 11.3 Å². The van der Waals surface area contributed by atoms with E-state index in [1.165, 1.54) is 12.1 Å². The van der Waals surface area contributed by atoms with Gasteiger partial charge < -0.3 is 0 Å². The van der Waals surface area contributed by atoms with E-state index in [1.54, 1.807) is 12.1 Å². The maximum atomic E-state index is 12.1. The van der Waals surface area contributed by atoms with E-state index in [2.05, 4.69) is 4.72 Å². The van der Waals surface area contributed by atoms with Crippen molar-refractivity contribution in [1.82, 2.24) is 4.72 Å². The largest absolute Gasteiger partial charge is 0.242 e. The maximum Gasteiger partial charge on any atom is 0.242 e. The normalized spacial score (nSPS) is 16.9. The number of nitriles is 1. The minimum Gasteiger partial charge on any atom is -0.208 e. The Morgan fingerprint density at radius 2 is 1.88 bits per heavy atom. The molecule has 0 radical (unpaired) electrons. The van der Waals surface area contributed by atoms with E-state index in [0.29, 0.717) is 0 Å². The number of benzene rings is 1. The van der Waals surface area contributed by atoms with Crippen LogP contribution < -0.4 is 4.72 Å². The highest BCUT2D eigenvalue weighted by atomic mass is 32.2. The molecule has 90 valence electrons. The minimum absolute atomic E-state index is 0.0201. The van der Waals surface area contributed by atoms with Crippen molar-refractivity contribution in [2.45, 2.75) is 36.6 Å². The number of sulfonamides is 1. The first-order chi connectivity index (χ1) is 8.13. The fraction of sp³-hybridized carbons (Fsp3) is 0.417. The van der Waals surface area contributed by atoms with Crippen molar-refractivity contribution in [2.75, 3.05) is 0 Å². The molecule has 17 heavy (non-hydrogen) atoms. The van der Waals surface area contributed by atoms with Gasteiger partial charge in [0.05, 0.1) is 10.5 Å². The summed E-state index contributed by atoms with van der Waals surface area (Å²) in [5.41, 5.74) is 0.193. The zero-order valence-corrected chi connectivity index (χ0v) is 10.2. The van der Waals surface area contributed by atoms with Gasteiger partial charge in [0, 0.05) is 6.04 Å². The van der Waals surface area contributed by atoms with Gasteiger partial charge in [0.1, 0.15) is 6.07 Å². The Labute approximate surface area is 101 Å². The van der Waals surface area contributed by atoms with Gasteiger partial charge in [-0.25, -0.2) is 13.1 Å². The summed E-state index contributed by atoms with van der Waals surface area (Å²) in [4.78, 5) is 0.0781. The summed E-state index contributed by atoms with van der Waals surface area (Å²) in [6.45, 7) is 0. The van der Waals surface area contributed by atoms with Crippen LogP contribution in [0.25, 0.3) is 0 Å². The summed E-state index contributed by atoms with van der Waals surface area (Å²) in [7, 11) is -3.56. The first-order valence-corrected chi connectivity index (χ1v) is 7.13. The Morgan fingerprint density at radius 1 is 1.24 bits per heavy atom. The fourth-order valence-electron chi connectivity index (χ4n) is 2.12. The second-order valence-electron chi connectivity index (χ2n) is 4.21. The third-order valence-corrected chi connectivity index (χ3v) is 4.55. The molecule has 1 saturated carbocycles. The SMILES string of the molecule is N#Cc1ccccc1S(=O)(=O)NC1CCCC1. The van der Waals surface area contributed by atoms with Gasteiger partial charge in [0.15, 0.2) is 0 Å². The van der Waals surface area contributed by atoms with Crippen molar-refractivity contribution < 1.29 is 8.42 Å². The molecule has 0 aromatic heterocycles. The van der Waals surface area contributed by atoms with E-state index >= 15 is 0 Å². The molecule has 0 aliphatic heterocycles. The number of rotatable bonds is 3. The zero-order chi connectivity index (χ0) is 12.3. The fourth-order valence-corrected chi connectivity index (χ4v) is 3.58. The molecule has 1 aromatic carbocycles. The highest BCUT2D eigenvalue weighted by Gasteiger charge is 2.24. The summed E-state index contributed by atoms with van der Waals surface area (Å²) < 4.78 is 26.9. The second-order valence-corrected chi connectivity index (χ2v) is 5.89. The molecule has 0 unspecified atom stereocenters. The smallest absolute Gasteiger partial charge is 0.208 e. The van der Waals surface area contributed by atoms with Crippen molar-refractivity contribution in [3.05, 3.63) is 29.8 Å². The molecule has 1 aliphatic carbocycles. The van der Waals surface area contributed by atoms with Crippen molar-refractivity contribution in [1.29, 1.82) is 5.26 Å². The highest BCUT2D eigenvalue weighted by molar-refractivity contribution is 7.89. The molecule has 4 nitrogen and oxygen atoms in total. The van der Waals surface area contributed by atoms with Crippen LogP contribution in [0.1, 0.15) is 31.2 Å². The Morgan fingerprint density at radius 3 is 2.53 bits per heavy atom. The Balaban J connectivity index is 2.28. The molecule has 0 saturated heterocycles. The third-order valence-electron chi connectivity index (χ3n) is 2.97. The topological polar surface area (TPSA) is 70.0 Å². The summed E-state index contributed by atoms with van der Waals surface area (Å²) in [6, 6.07) is 8.20. The molecule has 5 heteroatoms. The van der Waals surface area contributed by atoms with Gasteiger partial charge in [-0.1, -0.05) is 25.0 Å². The molecule has 0 heterocycles. The first-order valence-electron chi connectivity index (χ1n) is 5.65. The lowest BCUT2D eigenvalue weighted by Gasteiger charge is -2.13. The van der Waals surface area contributed by atoms with Crippen LogP contribution in [-0.4, -0.2) is 14.5 Å². The monoisotopic (exact) mass is 250 g/mol. The molecule has 1 aliphatic rings.